The SMILES string of the molecule is O=S1(=O)C=CC(O)(Cn2nnc(-c3ccccc3Nc3ccc(C(F)(F)F)cc3)n2)C1. The van der Waals surface area contributed by atoms with E-state index in [-0.39, 0.29) is 12.4 Å². The third-order valence-electron chi connectivity index (χ3n) is 4.56. The molecule has 2 aromatic carbocycles. The fraction of sp³-hybridized carbons (Fsp3) is 0.211. The first kappa shape index (κ1) is 21.0. The molecule has 0 fully saturated rings. The molecule has 0 saturated carbocycles. The topological polar surface area (TPSA) is 110 Å². The van der Waals surface area contributed by atoms with Crippen LogP contribution in [0.4, 0.5) is 24.5 Å². The molecule has 4 rings (SSSR count). The lowest BCUT2D eigenvalue weighted by atomic mass is 10.1. The van der Waals surface area contributed by atoms with E-state index in [0.717, 1.165) is 22.3 Å². The lowest BCUT2D eigenvalue weighted by Crippen LogP contribution is -2.36. The number of nitrogens with zero attached hydrogens (tertiary/aromatic N) is 4. The van der Waals surface area contributed by atoms with Crippen molar-refractivity contribution in [2.45, 2.75) is 18.3 Å². The normalized spacial score (nSPS) is 20.1. The van der Waals surface area contributed by atoms with Gasteiger partial charge in [0.2, 0.25) is 5.82 Å². The summed E-state index contributed by atoms with van der Waals surface area (Å²) in [6, 6.07) is 11.4. The highest BCUT2D eigenvalue weighted by Gasteiger charge is 2.36. The van der Waals surface area contributed by atoms with Crippen molar-refractivity contribution in [1.29, 1.82) is 0 Å². The maximum absolute atomic E-state index is 12.7. The number of aliphatic hydroxyl groups is 1. The van der Waals surface area contributed by atoms with E-state index in [0.29, 0.717) is 16.9 Å². The van der Waals surface area contributed by atoms with Crippen LogP contribution in [0.5, 0.6) is 0 Å². The molecule has 3 aromatic rings. The quantitative estimate of drug-likeness (QED) is 0.614. The summed E-state index contributed by atoms with van der Waals surface area (Å²) in [5, 5.41) is 26.4. The van der Waals surface area contributed by atoms with Gasteiger partial charge in [0.25, 0.3) is 0 Å². The molecule has 1 aromatic heterocycles. The molecular weight excluding hydrogens is 435 g/mol. The molecule has 31 heavy (non-hydrogen) atoms. The smallest absolute Gasteiger partial charge is 0.383 e. The third-order valence-corrected chi connectivity index (χ3v) is 6.02. The van der Waals surface area contributed by atoms with Crippen LogP contribution in [-0.2, 0) is 22.6 Å². The zero-order valence-corrected chi connectivity index (χ0v) is 16.6. The summed E-state index contributed by atoms with van der Waals surface area (Å²) in [5.74, 6) is -0.272. The number of anilines is 2. The van der Waals surface area contributed by atoms with Gasteiger partial charge >= 0.3 is 6.18 Å². The first-order valence-corrected chi connectivity index (χ1v) is 10.7. The van der Waals surface area contributed by atoms with Crippen LogP contribution in [-0.4, -0.2) is 45.1 Å². The van der Waals surface area contributed by atoms with Crippen LogP contribution in [0.15, 0.2) is 60.0 Å². The number of para-hydroxylation sites is 1. The fourth-order valence-corrected chi connectivity index (χ4v) is 4.56. The summed E-state index contributed by atoms with van der Waals surface area (Å²) in [7, 11) is -3.47. The molecule has 0 amide bonds. The molecule has 1 aliphatic heterocycles. The van der Waals surface area contributed by atoms with Crippen LogP contribution in [0.25, 0.3) is 11.4 Å². The number of hydrogen-bond acceptors (Lipinski definition) is 7. The Morgan fingerprint density at radius 1 is 1.13 bits per heavy atom. The van der Waals surface area contributed by atoms with Crippen molar-refractivity contribution in [3.8, 4) is 11.4 Å². The first-order chi connectivity index (χ1) is 14.5. The number of nitrogens with one attached hydrogen (secondary N) is 1. The lowest BCUT2D eigenvalue weighted by Gasteiger charge is -2.17. The Morgan fingerprint density at radius 2 is 1.84 bits per heavy atom. The highest BCUT2D eigenvalue weighted by molar-refractivity contribution is 7.94. The molecule has 2 N–H and O–H groups in total. The van der Waals surface area contributed by atoms with E-state index in [1.165, 1.54) is 18.2 Å². The molecule has 162 valence electrons. The number of sulfone groups is 1. The predicted octanol–water partition coefficient (Wildman–Crippen LogP) is 2.78. The maximum atomic E-state index is 12.7. The number of benzene rings is 2. The number of aromatic nitrogens is 4. The maximum Gasteiger partial charge on any atom is 0.416 e. The van der Waals surface area contributed by atoms with Crippen LogP contribution in [0.2, 0.25) is 0 Å². The van der Waals surface area contributed by atoms with Crippen molar-refractivity contribution >= 4 is 21.2 Å². The van der Waals surface area contributed by atoms with E-state index in [4.69, 9.17) is 0 Å². The molecule has 1 aliphatic rings. The average molecular weight is 451 g/mol. The molecule has 0 radical (unpaired) electrons. The summed E-state index contributed by atoms with van der Waals surface area (Å²) < 4.78 is 61.4. The number of hydrogen-bond donors (Lipinski definition) is 2. The van der Waals surface area contributed by atoms with Gasteiger partial charge in [0.05, 0.1) is 17.9 Å². The molecule has 2 heterocycles. The average Bonchev–Trinajstić information content (AvgIpc) is 3.25. The molecule has 1 unspecified atom stereocenters. The molecule has 1 atom stereocenters. The van der Waals surface area contributed by atoms with E-state index < -0.39 is 32.9 Å². The molecule has 0 bridgehead atoms. The van der Waals surface area contributed by atoms with E-state index in [1.54, 1.807) is 24.3 Å². The highest BCUT2D eigenvalue weighted by atomic mass is 32.2. The van der Waals surface area contributed by atoms with Crippen LogP contribution in [0, 0.1) is 0 Å². The molecule has 12 heteroatoms. The molecule has 0 aliphatic carbocycles. The third kappa shape index (κ3) is 4.75. The predicted molar refractivity (Wildman–Crippen MR) is 106 cm³/mol. The van der Waals surface area contributed by atoms with Crippen molar-refractivity contribution < 1.29 is 26.7 Å². The summed E-state index contributed by atoms with van der Waals surface area (Å²) in [6.07, 6.45) is -3.23. The van der Waals surface area contributed by atoms with Gasteiger partial charge in [-0.2, -0.15) is 18.0 Å². The number of alkyl halides is 3. The minimum Gasteiger partial charge on any atom is -0.383 e. The van der Waals surface area contributed by atoms with Crippen LogP contribution >= 0.6 is 0 Å². The fourth-order valence-electron chi connectivity index (χ4n) is 3.12. The monoisotopic (exact) mass is 451 g/mol. The van der Waals surface area contributed by atoms with Gasteiger partial charge in [-0.3, -0.25) is 0 Å². The van der Waals surface area contributed by atoms with Crippen molar-refractivity contribution in [3.05, 3.63) is 65.6 Å². The number of rotatable bonds is 5. The highest BCUT2D eigenvalue weighted by Crippen LogP contribution is 2.32. The number of tetrazole rings is 1. The summed E-state index contributed by atoms with van der Waals surface area (Å²) in [4.78, 5) is 1.09. The van der Waals surface area contributed by atoms with E-state index in [1.807, 2.05) is 0 Å². The van der Waals surface area contributed by atoms with Crippen molar-refractivity contribution in [2.24, 2.45) is 0 Å². The Hall–Kier alpha value is -3.25. The first-order valence-electron chi connectivity index (χ1n) is 8.99. The van der Waals surface area contributed by atoms with Gasteiger partial charge in [0.1, 0.15) is 5.60 Å². The Balaban J connectivity index is 1.55. The van der Waals surface area contributed by atoms with Crippen molar-refractivity contribution in [2.75, 3.05) is 11.1 Å². The van der Waals surface area contributed by atoms with Gasteiger partial charge in [0.15, 0.2) is 9.84 Å². The standard InChI is InChI=1S/C19H16F3N5O3S/c20-19(21,22)13-5-7-14(8-6-13)23-16-4-2-1-3-15(16)17-24-26-27(25-17)11-18(28)9-10-31(29,30)12-18/h1-10,23,28H,11-12H2. The minimum absolute atomic E-state index is 0.198. The van der Waals surface area contributed by atoms with E-state index in [9.17, 15) is 26.7 Å². The largest absolute Gasteiger partial charge is 0.416 e. The molecular formula is C19H16F3N5O3S. The minimum atomic E-state index is -4.42. The Bertz CT molecular complexity index is 1240. The molecule has 0 spiro atoms. The van der Waals surface area contributed by atoms with Gasteiger partial charge < -0.3 is 10.4 Å². The number of halogens is 3. The Morgan fingerprint density at radius 3 is 2.48 bits per heavy atom. The van der Waals surface area contributed by atoms with Gasteiger partial charge in [-0.05, 0) is 47.7 Å². The van der Waals surface area contributed by atoms with Gasteiger partial charge in [0, 0.05) is 22.3 Å². The van der Waals surface area contributed by atoms with Crippen molar-refractivity contribution in [3.63, 3.8) is 0 Å². The summed E-state index contributed by atoms with van der Waals surface area (Å²) in [6.45, 7) is -0.204. The van der Waals surface area contributed by atoms with E-state index >= 15 is 0 Å². The zero-order chi connectivity index (χ0) is 22.3. The lowest BCUT2D eigenvalue weighted by molar-refractivity contribution is -0.137. The van der Waals surface area contributed by atoms with Gasteiger partial charge in [-0.1, -0.05) is 12.1 Å². The Kier molecular flexibility index (Phi) is 5.06. The van der Waals surface area contributed by atoms with Gasteiger partial charge in [-0.15, -0.1) is 10.2 Å². The second-order valence-corrected chi connectivity index (χ2v) is 8.99. The molecule has 8 nitrogen and oxygen atoms in total. The molecule has 0 saturated heterocycles. The van der Waals surface area contributed by atoms with Crippen LogP contribution in [0.3, 0.4) is 0 Å². The second kappa shape index (κ2) is 7.46. The van der Waals surface area contributed by atoms with Gasteiger partial charge in [-0.25, -0.2) is 8.42 Å². The summed E-state index contributed by atoms with van der Waals surface area (Å²) in [5.41, 5.74) is -0.895. The Labute approximate surface area is 174 Å². The van der Waals surface area contributed by atoms with Crippen molar-refractivity contribution in [1.82, 2.24) is 20.2 Å². The zero-order valence-electron chi connectivity index (χ0n) is 15.8. The van der Waals surface area contributed by atoms with E-state index in [2.05, 4.69) is 20.7 Å². The van der Waals surface area contributed by atoms with Crippen LogP contribution in [0.1, 0.15) is 5.56 Å². The van der Waals surface area contributed by atoms with Crippen LogP contribution < -0.4 is 5.32 Å². The second-order valence-electron chi connectivity index (χ2n) is 7.10. The summed E-state index contributed by atoms with van der Waals surface area (Å²) >= 11 is 0.